The summed E-state index contributed by atoms with van der Waals surface area (Å²) in [4.78, 5) is 11.7. The van der Waals surface area contributed by atoms with Gasteiger partial charge < -0.3 is 5.73 Å². The third-order valence-corrected chi connectivity index (χ3v) is 1.99. The standard InChI is InChI=1S/C12H17NO/c1-9-4-6-10(7-5-9)11(14)8-12(2,3)13/h4-7H,8,13H2,1-3H3. The molecule has 0 spiro atoms. The molecule has 0 fully saturated rings. The van der Waals surface area contributed by atoms with Crippen LogP contribution in [0, 0.1) is 6.92 Å². The number of Topliss-reactive ketones (excluding diaryl/α,β-unsaturated/α-hetero) is 1. The first kappa shape index (κ1) is 10.9. The molecule has 0 aliphatic heterocycles. The van der Waals surface area contributed by atoms with Crippen molar-refractivity contribution in [2.24, 2.45) is 5.73 Å². The summed E-state index contributed by atoms with van der Waals surface area (Å²) in [7, 11) is 0. The second-order valence-electron chi connectivity index (χ2n) is 4.45. The van der Waals surface area contributed by atoms with Crippen LogP contribution in [0.5, 0.6) is 0 Å². The van der Waals surface area contributed by atoms with Gasteiger partial charge in [-0.2, -0.15) is 0 Å². The fourth-order valence-electron chi connectivity index (χ4n) is 1.26. The predicted molar refractivity (Wildman–Crippen MR) is 58.4 cm³/mol. The maximum absolute atomic E-state index is 11.7. The molecule has 0 radical (unpaired) electrons. The van der Waals surface area contributed by atoms with Gasteiger partial charge in [-0.25, -0.2) is 0 Å². The maximum Gasteiger partial charge on any atom is 0.164 e. The van der Waals surface area contributed by atoms with E-state index < -0.39 is 5.54 Å². The Hall–Kier alpha value is -1.15. The van der Waals surface area contributed by atoms with Gasteiger partial charge in [-0.1, -0.05) is 29.8 Å². The minimum absolute atomic E-state index is 0.109. The summed E-state index contributed by atoms with van der Waals surface area (Å²) in [5.41, 5.74) is 7.26. The van der Waals surface area contributed by atoms with Gasteiger partial charge >= 0.3 is 0 Å². The van der Waals surface area contributed by atoms with Crippen molar-refractivity contribution in [1.82, 2.24) is 0 Å². The average Bonchev–Trinajstić information content (AvgIpc) is 2.02. The molecular formula is C12H17NO. The van der Waals surface area contributed by atoms with E-state index in [4.69, 9.17) is 5.73 Å². The molecule has 0 aliphatic carbocycles. The van der Waals surface area contributed by atoms with Gasteiger partial charge in [0.05, 0.1) is 0 Å². The van der Waals surface area contributed by atoms with Gasteiger partial charge in [-0.3, -0.25) is 4.79 Å². The Morgan fingerprint density at radius 1 is 1.29 bits per heavy atom. The van der Waals surface area contributed by atoms with E-state index in [1.165, 1.54) is 0 Å². The molecule has 0 bridgehead atoms. The van der Waals surface area contributed by atoms with Crippen LogP contribution in [0.25, 0.3) is 0 Å². The number of benzene rings is 1. The zero-order chi connectivity index (χ0) is 10.8. The number of carbonyl (C=O) groups is 1. The number of hydrogen-bond acceptors (Lipinski definition) is 2. The van der Waals surface area contributed by atoms with Crippen LogP contribution < -0.4 is 5.73 Å². The third-order valence-electron chi connectivity index (χ3n) is 1.99. The summed E-state index contributed by atoms with van der Waals surface area (Å²) in [5, 5.41) is 0. The predicted octanol–water partition coefficient (Wildman–Crippen LogP) is 2.31. The minimum atomic E-state index is -0.429. The summed E-state index contributed by atoms with van der Waals surface area (Å²) in [5.74, 6) is 0.109. The van der Waals surface area contributed by atoms with Crippen LogP contribution in [-0.2, 0) is 0 Å². The highest BCUT2D eigenvalue weighted by Crippen LogP contribution is 2.11. The van der Waals surface area contributed by atoms with Crippen molar-refractivity contribution in [1.29, 1.82) is 0 Å². The Kier molecular flexibility index (Phi) is 3.06. The van der Waals surface area contributed by atoms with E-state index in [9.17, 15) is 4.79 Å². The third kappa shape index (κ3) is 3.30. The number of aryl methyl sites for hydroxylation is 1. The Bertz CT molecular complexity index is 319. The molecule has 0 saturated heterocycles. The molecule has 2 nitrogen and oxygen atoms in total. The van der Waals surface area contributed by atoms with Gasteiger partial charge in [-0.15, -0.1) is 0 Å². The first-order valence-corrected chi connectivity index (χ1v) is 4.77. The quantitative estimate of drug-likeness (QED) is 0.745. The lowest BCUT2D eigenvalue weighted by molar-refractivity contribution is 0.0960. The van der Waals surface area contributed by atoms with Gasteiger partial charge in [0.1, 0.15) is 0 Å². The zero-order valence-electron chi connectivity index (χ0n) is 9.00. The molecule has 0 unspecified atom stereocenters. The van der Waals surface area contributed by atoms with Crippen LogP contribution in [0.15, 0.2) is 24.3 Å². The summed E-state index contributed by atoms with van der Waals surface area (Å²) in [6.45, 7) is 5.72. The van der Waals surface area contributed by atoms with Crippen molar-refractivity contribution >= 4 is 5.78 Å². The zero-order valence-corrected chi connectivity index (χ0v) is 9.00. The normalized spacial score (nSPS) is 11.4. The van der Waals surface area contributed by atoms with Gasteiger partial charge in [0, 0.05) is 17.5 Å². The second kappa shape index (κ2) is 3.93. The van der Waals surface area contributed by atoms with Crippen LogP contribution in [0.4, 0.5) is 0 Å². The number of rotatable bonds is 3. The van der Waals surface area contributed by atoms with Gasteiger partial charge in [0.15, 0.2) is 5.78 Å². The first-order chi connectivity index (χ1) is 6.38. The molecule has 1 aromatic carbocycles. The number of hydrogen-bond donors (Lipinski definition) is 1. The SMILES string of the molecule is Cc1ccc(C(=O)CC(C)(C)N)cc1. The molecule has 1 rings (SSSR count). The Labute approximate surface area is 85.1 Å². The number of ketones is 1. The van der Waals surface area contributed by atoms with Crippen molar-refractivity contribution in [2.75, 3.05) is 0 Å². The fourth-order valence-corrected chi connectivity index (χ4v) is 1.26. The monoisotopic (exact) mass is 191 g/mol. The van der Waals surface area contributed by atoms with E-state index in [1.54, 1.807) is 0 Å². The van der Waals surface area contributed by atoms with Crippen molar-refractivity contribution < 1.29 is 4.79 Å². The molecule has 0 heterocycles. The summed E-state index contributed by atoms with van der Waals surface area (Å²) in [6.07, 6.45) is 0.385. The molecule has 76 valence electrons. The molecule has 2 heteroatoms. The lowest BCUT2D eigenvalue weighted by Crippen LogP contribution is -2.34. The van der Waals surface area contributed by atoms with Gasteiger partial charge in [0.2, 0.25) is 0 Å². The Balaban J connectivity index is 2.76. The second-order valence-corrected chi connectivity index (χ2v) is 4.45. The van der Waals surface area contributed by atoms with Gasteiger partial charge in [-0.05, 0) is 20.8 Å². The van der Waals surface area contributed by atoms with Crippen molar-refractivity contribution in [3.05, 3.63) is 35.4 Å². The molecule has 0 atom stereocenters. The maximum atomic E-state index is 11.7. The van der Waals surface area contributed by atoms with E-state index in [0.717, 1.165) is 11.1 Å². The minimum Gasteiger partial charge on any atom is -0.325 e. The van der Waals surface area contributed by atoms with E-state index in [1.807, 2.05) is 45.0 Å². The van der Waals surface area contributed by atoms with E-state index in [0.29, 0.717) is 6.42 Å². The smallest absolute Gasteiger partial charge is 0.164 e. The van der Waals surface area contributed by atoms with Crippen LogP contribution in [-0.4, -0.2) is 11.3 Å². The molecule has 0 saturated carbocycles. The Morgan fingerprint density at radius 2 is 1.79 bits per heavy atom. The largest absolute Gasteiger partial charge is 0.325 e. The van der Waals surface area contributed by atoms with Crippen molar-refractivity contribution in [2.45, 2.75) is 32.7 Å². The number of carbonyl (C=O) groups excluding carboxylic acids is 1. The topological polar surface area (TPSA) is 43.1 Å². The average molecular weight is 191 g/mol. The first-order valence-electron chi connectivity index (χ1n) is 4.77. The van der Waals surface area contributed by atoms with Crippen molar-refractivity contribution in [3.8, 4) is 0 Å². The lowest BCUT2D eigenvalue weighted by atomic mass is 9.95. The molecular weight excluding hydrogens is 174 g/mol. The Morgan fingerprint density at radius 3 is 2.21 bits per heavy atom. The summed E-state index contributed by atoms with van der Waals surface area (Å²) >= 11 is 0. The molecule has 0 aromatic heterocycles. The molecule has 14 heavy (non-hydrogen) atoms. The van der Waals surface area contributed by atoms with Crippen LogP contribution in [0.1, 0.15) is 36.2 Å². The molecule has 0 aliphatic rings. The lowest BCUT2D eigenvalue weighted by Gasteiger charge is -2.16. The molecule has 2 N–H and O–H groups in total. The van der Waals surface area contributed by atoms with Crippen LogP contribution in [0.2, 0.25) is 0 Å². The van der Waals surface area contributed by atoms with Crippen LogP contribution in [0.3, 0.4) is 0 Å². The summed E-state index contributed by atoms with van der Waals surface area (Å²) in [6, 6.07) is 7.58. The van der Waals surface area contributed by atoms with Crippen LogP contribution >= 0.6 is 0 Å². The molecule has 0 amide bonds. The van der Waals surface area contributed by atoms with Gasteiger partial charge in [0.25, 0.3) is 0 Å². The van der Waals surface area contributed by atoms with Crippen molar-refractivity contribution in [3.63, 3.8) is 0 Å². The molecule has 1 aromatic rings. The highest BCUT2D eigenvalue weighted by atomic mass is 16.1. The highest BCUT2D eigenvalue weighted by Gasteiger charge is 2.17. The fraction of sp³-hybridized carbons (Fsp3) is 0.417. The number of nitrogens with two attached hydrogens (primary N) is 1. The summed E-state index contributed by atoms with van der Waals surface area (Å²) < 4.78 is 0. The van der Waals surface area contributed by atoms with E-state index >= 15 is 0 Å². The van der Waals surface area contributed by atoms with E-state index in [-0.39, 0.29) is 5.78 Å². The highest BCUT2D eigenvalue weighted by molar-refractivity contribution is 5.96. The van der Waals surface area contributed by atoms with E-state index in [2.05, 4.69) is 0 Å².